The summed E-state index contributed by atoms with van der Waals surface area (Å²) in [6, 6.07) is 9.85. The number of aromatic nitrogens is 2. The molecule has 1 aromatic heterocycles. The Morgan fingerprint density at radius 3 is 2.61 bits per heavy atom. The summed E-state index contributed by atoms with van der Waals surface area (Å²) in [5, 5.41) is 4.37. The number of halogens is 1. The van der Waals surface area contributed by atoms with Crippen LogP contribution in [0.4, 0.5) is 0 Å². The molecule has 2 aromatic rings. The van der Waals surface area contributed by atoms with Crippen molar-refractivity contribution in [2.24, 2.45) is 16.5 Å². The van der Waals surface area contributed by atoms with Crippen molar-refractivity contribution >= 4 is 29.9 Å². The highest BCUT2D eigenvalue weighted by Gasteiger charge is 2.04. The topological polar surface area (TPSA) is 82.2 Å². The van der Waals surface area contributed by atoms with Crippen molar-refractivity contribution in [1.29, 1.82) is 0 Å². The summed E-state index contributed by atoms with van der Waals surface area (Å²) in [6.45, 7) is 2.41. The average molecular weight is 357 g/mol. The Bertz CT molecular complexity index is 543. The molecule has 2 rings (SSSR count). The van der Waals surface area contributed by atoms with E-state index in [2.05, 4.69) is 10.1 Å². The smallest absolute Gasteiger partial charge is 0.186 e. The Morgan fingerprint density at radius 1 is 1.28 bits per heavy atom. The Hall–Kier alpha value is -1.57. The molecule has 0 spiro atoms. The van der Waals surface area contributed by atoms with E-state index in [4.69, 9.17) is 11.5 Å². The zero-order chi connectivity index (χ0) is 12.3. The molecule has 18 heavy (non-hydrogen) atoms. The van der Waals surface area contributed by atoms with E-state index in [0.29, 0.717) is 6.54 Å². The lowest BCUT2D eigenvalue weighted by molar-refractivity contribution is 0.843. The van der Waals surface area contributed by atoms with Crippen molar-refractivity contribution in [3.05, 3.63) is 47.8 Å². The number of benzene rings is 1. The molecule has 4 N–H and O–H groups in total. The van der Waals surface area contributed by atoms with E-state index in [-0.39, 0.29) is 29.9 Å². The minimum absolute atomic E-state index is 0. The second-order valence-electron chi connectivity index (χ2n) is 3.77. The third-order valence-corrected chi connectivity index (χ3v) is 2.39. The van der Waals surface area contributed by atoms with Crippen molar-refractivity contribution in [3.63, 3.8) is 0 Å². The number of para-hydroxylation sites is 1. The maximum absolute atomic E-state index is 5.34. The highest BCUT2D eigenvalue weighted by Crippen LogP contribution is 2.14. The Balaban J connectivity index is 0.00000162. The van der Waals surface area contributed by atoms with Gasteiger partial charge in [-0.05, 0) is 24.6 Å². The first-order valence-electron chi connectivity index (χ1n) is 5.33. The van der Waals surface area contributed by atoms with Gasteiger partial charge in [-0.15, -0.1) is 24.0 Å². The van der Waals surface area contributed by atoms with Crippen LogP contribution in [0.25, 0.3) is 5.69 Å². The molecule has 0 bridgehead atoms. The third-order valence-electron chi connectivity index (χ3n) is 2.39. The fourth-order valence-corrected chi connectivity index (χ4v) is 1.59. The molecule has 0 aliphatic heterocycles. The van der Waals surface area contributed by atoms with E-state index >= 15 is 0 Å². The number of nitrogens with zero attached hydrogens (tertiary/aromatic N) is 3. The van der Waals surface area contributed by atoms with Crippen LogP contribution in [-0.2, 0) is 6.54 Å². The first kappa shape index (κ1) is 14.5. The van der Waals surface area contributed by atoms with Gasteiger partial charge >= 0.3 is 0 Å². The van der Waals surface area contributed by atoms with Gasteiger partial charge in [-0.2, -0.15) is 5.10 Å². The first-order chi connectivity index (χ1) is 8.16. The van der Waals surface area contributed by atoms with Crippen LogP contribution in [0, 0.1) is 6.92 Å². The van der Waals surface area contributed by atoms with Crippen LogP contribution >= 0.6 is 24.0 Å². The van der Waals surface area contributed by atoms with Crippen LogP contribution in [0.2, 0.25) is 0 Å². The summed E-state index contributed by atoms with van der Waals surface area (Å²) in [5.74, 6) is 0.0939. The molecule has 6 heteroatoms. The molecule has 96 valence electrons. The predicted molar refractivity (Wildman–Crippen MR) is 83.2 cm³/mol. The second kappa shape index (κ2) is 6.39. The van der Waals surface area contributed by atoms with Gasteiger partial charge in [-0.25, -0.2) is 9.67 Å². The number of hydrogen-bond donors (Lipinski definition) is 2. The largest absolute Gasteiger partial charge is 0.370 e. The van der Waals surface area contributed by atoms with Gasteiger partial charge in [0.25, 0.3) is 0 Å². The van der Waals surface area contributed by atoms with Crippen LogP contribution in [-0.4, -0.2) is 15.7 Å². The molecule has 0 radical (unpaired) electrons. The maximum Gasteiger partial charge on any atom is 0.186 e. The summed E-state index contributed by atoms with van der Waals surface area (Å²) in [7, 11) is 0. The molecule has 0 unspecified atom stereocenters. The number of nitrogens with two attached hydrogens (primary N) is 2. The van der Waals surface area contributed by atoms with Gasteiger partial charge in [0, 0.05) is 6.20 Å². The third kappa shape index (κ3) is 3.46. The number of guanidine groups is 1. The zero-order valence-corrected chi connectivity index (χ0v) is 12.4. The summed E-state index contributed by atoms with van der Waals surface area (Å²) < 4.78 is 1.83. The fraction of sp³-hybridized carbons (Fsp3) is 0.167. The molecular weight excluding hydrogens is 341 g/mol. The van der Waals surface area contributed by atoms with E-state index < -0.39 is 0 Å². The van der Waals surface area contributed by atoms with Gasteiger partial charge in [-0.1, -0.05) is 18.2 Å². The Kier molecular flexibility index (Phi) is 5.14. The first-order valence-corrected chi connectivity index (χ1v) is 5.33. The van der Waals surface area contributed by atoms with Gasteiger partial charge in [0.15, 0.2) is 5.96 Å². The molecule has 0 aliphatic rings. The summed E-state index contributed by atoms with van der Waals surface area (Å²) in [6.07, 6.45) is 1.92. The van der Waals surface area contributed by atoms with Crippen molar-refractivity contribution in [1.82, 2.24) is 9.78 Å². The highest BCUT2D eigenvalue weighted by atomic mass is 127. The van der Waals surface area contributed by atoms with Crippen LogP contribution in [0.1, 0.15) is 11.3 Å². The van der Waals surface area contributed by atoms with Crippen molar-refractivity contribution in [2.75, 3.05) is 0 Å². The van der Waals surface area contributed by atoms with Crippen molar-refractivity contribution in [3.8, 4) is 5.69 Å². The molecule has 0 amide bonds. The van der Waals surface area contributed by atoms with E-state index in [1.165, 1.54) is 0 Å². The lowest BCUT2D eigenvalue weighted by atomic mass is 10.2. The SMILES string of the molecule is Cc1ccn(-c2ccccc2CN=C(N)N)n1.I. The van der Waals surface area contributed by atoms with E-state index in [9.17, 15) is 0 Å². The number of hydrogen-bond acceptors (Lipinski definition) is 2. The second-order valence-corrected chi connectivity index (χ2v) is 3.77. The summed E-state index contributed by atoms with van der Waals surface area (Å²) in [4.78, 5) is 4.02. The van der Waals surface area contributed by atoms with Gasteiger partial charge in [0.05, 0.1) is 17.9 Å². The standard InChI is InChI=1S/C12H15N5.HI/c1-9-6-7-17(16-9)11-5-3-2-4-10(11)8-15-12(13)14;/h2-7H,8H2,1H3,(H4,13,14,15);1H. The fourth-order valence-electron chi connectivity index (χ4n) is 1.59. The number of aliphatic imine (C=N–C) groups is 1. The van der Waals surface area contributed by atoms with Crippen LogP contribution in [0.15, 0.2) is 41.5 Å². The molecule has 1 heterocycles. The molecule has 5 nitrogen and oxygen atoms in total. The monoisotopic (exact) mass is 357 g/mol. The van der Waals surface area contributed by atoms with Gasteiger partial charge in [0.2, 0.25) is 0 Å². The minimum Gasteiger partial charge on any atom is -0.370 e. The van der Waals surface area contributed by atoms with Crippen LogP contribution < -0.4 is 11.5 Å². The lowest BCUT2D eigenvalue weighted by Gasteiger charge is -2.07. The minimum atomic E-state index is 0. The number of rotatable bonds is 3. The maximum atomic E-state index is 5.34. The Labute approximate surface area is 123 Å². The summed E-state index contributed by atoms with van der Waals surface area (Å²) in [5.41, 5.74) is 13.7. The lowest BCUT2D eigenvalue weighted by Crippen LogP contribution is -2.22. The van der Waals surface area contributed by atoms with Crippen molar-refractivity contribution in [2.45, 2.75) is 13.5 Å². The molecule has 0 aliphatic carbocycles. The Morgan fingerprint density at radius 2 is 2.00 bits per heavy atom. The predicted octanol–water partition coefficient (Wildman–Crippen LogP) is 1.57. The summed E-state index contributed by atoms with van der Waals surface area (Å²) >= 11 is 0. The van der Waals surface area contributed by atoms with Crippen molar-refractivity contribution < 1.29 is 0 Å². The average Bonchev–Trinajstić information content (AvgIpc) is 2.73. The quantitative estimate of drug-likeness (QED) is 0.497. The van der Waals surface area contributed by atoms with Gasteiger partial charge in [0.1, 0.15) is 0 Å². The molecular formula is C12H16IN5. The highest BCUT2D eigenvalue weighted by molar-refractivity contribution is 14.0. The van der Waals surface area contributed by atoms with E-state index in [1.807, 2.05) is 48.1 Å². The molecule has 0 atom stereocenters. The van der Waals surface area contributed by atoms with E-state index in [0.717, 1.165) is 16.9 Å². The zero-order valence-electron chi connectivity index (χ0n) is 10.1. The van der Waals surface area contributed by atoms with Crippen LogP contribution in [0.3, 0.4) is 0 Å². The van der Waals surface area contributed by atoms with Gasteiger partial charge in [-0.3, -0.25) is 0 Å². The molecule has 0 saturated carbocycles. The van der Waals surface area contributed by atoms with E-state index in [1.54, 1.807) is 0 Å². The normalized spacial score (nSPS) is 9.61. The molecule has 0 fully saturated rings. The van der Waals surface area contributed by atoms with Crippen LogP contribution in [0.5, 0.6) is 0 Å². The molecule has 0 saturated heterocycles. The van der Waals surface area contributed by atoms with Gasteiger partial charge < -0.3 is 11.5 Å². The number of aryl methyl sites for hydroxylation is 1. The molecule has 1 aromatic carbocycles.